The number of hydrogen-bond donors (Lipinski definition) is 1. The van der Waals surface area contributed by atoms with Crippen LogP contribution in [0.2, 0.25) is 5.02 Å². The molecule has 1 aliphatic heterocycles. The van der Waals surface area contributed by atoms with Crippen LogP contribution in [0.25, 0.3) is 11.4 Å². The van der Waals surface area contributed by atoms with Gasteiger partial charge in [0.2, 0.25) is 17.6 Å². The fraction of sp³-hybridized carbons (Fsp3) is 0.333. The lowest BCUT2D eigenvalue weighted by molar-refractivity contribution is -0.136. The van der Waals surface area contributed by atoms with E-state index in [1.807, 2.05) is 30.3 Å². The van der Waals surface area contributed by atoms with Crippen molar-refractivity contribution in [1.29, 1.82) is 0 Å². The molecule has 1 aromatic heterocycles. The van der Waals surface area contributed by atoms with Crippen molar-refractivity contribution in [2.45, 2.75) is 37.6 Å². The average molecular weight is 469 g/mol. The summed E-state index contributed by atoms with van der Waals surface area (Å²) >= 11 is 5.74. The Morgan fingerprint density at radius 1 is 1.15 bits per heavy atom. The molecule has 5 rings (SSSR count). The molecule has 3 unspecified atom stereocenters. The minimum atomic E-state index is -0.554. The molecule has 0 radical (unpaired) electrons. The molecule has 0 spiro atoms. The predicted molar refractivity (Wildman–Crippen MR) is 119 cm³/mol. The summed E-state index contributed by atoms with van der Waals surface area (Å²) in [5, 5.41) is 7.00. The van der Waals surface area contributed by atoms with E-state index in [4.69, 9.17) is 16.1 Å². The van der Waals surface area contributed by atoms with Crippen LogP contribution in [0.15, 0.2) is 53.1 Å². The summed E-state index contributed by atoms with van der Waals surface area (Å²) in [5.74, 6) is -0.330. The van der Waals surface area contributed by atoms with Gasteiger partial charge in [-0.1, -0.05) is 47.1 Å². The number of nitrogens with one attached hydrogen (secondary N) is 1. The van der Waals surface area contributed by atoms with E-state index < -0.39 is 5.82 Å². The second-order valence-corrected chi connectivity index (χ2v) is 8.89. The number of hydrogen-bond acceptors (Lipinski definition) is 5. The van der Waals surface area contributed by atoms with Crippen molar-refractivity contribution >= 4 is 23.5 Å². The number of amides is 3. The summed E-state index contributed by atoms with van der Waals surface area (Å²) in [6.45, 7) is 0.353. The molecule has 1 saturated carbocycles. The second kappa shape index (κ2) is 8.94. The van der Waals surface area contributed by atoms with Gasteiger partial charge in [0.05, 0.1) is 10.9 Å². The van der Waals surface area contributed by atoms with E-state index in [9.17, 15) is 14.0 Å². The molecule has 3 atom stereocenters. The van der Waals surface area contributed by atoms with Gasteiger partial charge in [0.1, 0.15) is 5.82 Å². The molecule has 2 heterocycles. The molecule has 1 aliphatic carbocycles. The van der Waals surface area contributed by atoms with Crippen molar-refractivity contribution in [1.82, 2.24) is 20.4 Å². The van der Waals surface area contributed by atoms with E-state index in [1.165, 1.54) is 17.0 Å². The number of benzene rings is 2. The van der Waals surface area contributed by atoms with E-state index in [1.54, 1.807) is 6.07 Å². The molecule has 3 amide bonds. The Balaban J connectivity index is 1.25. The molecule has 9 heteroatoms. The van der Waals surface area contributed by atoms with E-state index >= 15 is 0 Å². The molecular weight excluding hydrogens is 447 g/mol. The standard InChI is InChI=1S/C24H22ClFN4O3/c25-18-9-7-15(12-19(18)26)21-28-22(33-29-21)16-6-8-17-20(13-16)27-24(32)30(23(17)31)11-10-14-4-2-1-3-5-14/h1-5,7,9,12,16-17,20H,6,8,10-11,13H2,(H,27,32). The summed E-state index contributed by atoms with van der Waals surface area (Å²) in [5.41, 5.74) is 1.55. The smallest absolute Gasteiger partial charge is 0.324 e. The zero-order chi connectivity index (χ0) is 22.9. The highest BCUT2D eigenvalue weighted by atomic mass is 35.5. The van der Waals surface area contributed by atoms with Gasteiger partial charge in [-0.15, -0.1) is 0 Å². The molecule has 3 aromatic rings. The first kappa shape index (κ1) is 21.6. The lowest BCUT2D eigenvalue weighted by atomic mass is 9.76. The van der Waals surface area contributed by atoms with Crippen molar-refractivity contribution in [3.63, 3.8) is 0 Å². The molecule has 170 valence electrons. The Bertz CT molecular complexity index is 1190. The first-order chi connectivity index (χ1) is 16.0. The number of halogens is 2. The maximum absolute atomic E-state index is 13.8. The van der Waals surface area contributed by atoms with Gasteiger partial charge in [-0.25, -0.2) is 9.18 Å². The third-order valence-electron chi connectivity index (χ3n) is 6.42. The van der Waals surface area contributed by atoms with Crippen LogP contribution in [0, 0.1) is 11.7 Å². The second-order valence-electron chi connectivity index (χ2n) is 8.48. The minimum Gasteiger partial charge on any atom is -0.339 e. The minimum absolute atomic E-state index is 0.0244. The largest absolute Gasteiger partial charge is 0.339 e. The highest BCUT2D eigenvalue weighted by Crippen LogP contribution is 2.38. The average Bonchev–Trinajstić information content (AvgIpc) is 3.31. The van der Waals surface area contributed by atoms with Crippen LogP contribution in [0.3, 0.4) is 0 Å². The quantitative estimate of drug-likeness (QED) is 0.592. The highest BCUT2D eigenvalue weighted by Gasteiger charge is 2.45. The SMILES string of the molecule is O=C1NC2CC(c3nc(-c4ccc(Cl)c(F)c4)no3)CCC2C(=O)N1CCc1ccccc1. The lowest BCUT2D eigenvalue weighted by Gasteiger charge is -2.41. The molecule has 2 aliphatic rings. The maximum Gasteiger partial charge on any atom is 0.324 e. The lowest BCUT2D eigenvalue weighted by Crippen LogP contribution is -2.61. The van der Waals surface area contributed by atoms with Crippen LogP contribution in [0.4, 0.5) is 9.18 Å². The number of imide groups is 1. The molecular formula is C24H22ClFN4O3. The Kier molecular flexibility index (Phi) is 5.85. The third kappa shape index (κ3) is 4.35. The summed E-state index contributed by atoms with van der Waals surface area (Å²) in [6, 6.07) is 13.5. The fourth-order valence-electron chi connectivity index (χ4n) is 4.64. The van der Waals surface area contributed by atoms with Gasteiger partial charge in [-0.2, -0.15) is 4.98 Å². The van der Waals surface area contributed by atoms with Gasteiger partial charge in [-0.3, -0.25) is 9.69 Å². The molecule has 7 nitrogen and oxygen atoms in total. The number of rotatable bonds is 5. The van der Waals surface area contributed by atoms with Gasteiger partial charge in [0, 0.05) is 24.1 Å². The summed E-state index contributed by atoms with van der Waals surface area (Å²) in [4.78, 5) is 31.5. The molecule has 0 bridgehead atoms. The molecule has 2 fully saturated rings. The highest BCUT2D eigenvalue weighted by molar-refractivity contribution is 6.30. The van der Waals surface area contributed by atoms with E-state index in [2.05, 4.69) is 15.5 Å². The number of carbonyl (C=O) groups is 2. The molecule has 1 N–H and O–H groups in total. The number of urea groups is 1. The summed E-state index contributed by atoms with van der Waals surface area (Å²) in [7, 11) is 0. The zero-order valence-corrected chi connectivity index (χ0v) is 18.5. The molecule has 2 aromatic carbocycles. The van der Waals surface area contributed by atoms with Crippen molar-refractivity contribution in [3.8, 4) is 11.4 Å². The first-order valence-electron chi connectivity index (χ1n) is 10.9. The van der Waals surface area contributed by atoms with E-state index in [0.29, 0.717) is 43.7 Å². The van der Waals surface area contributed by atoms with Crippen LogP contribution < -0.4 is 5.32 Å². The van der Waals surface area contributed by atoms with Gasteiger partial charge in [0.25, 0.3) is 0 Å². The number of aromatic nitrogens is 2. The Morgan fingerprint density at radius 3 is 2.76 bits per heavy atom. The Labute approximate surface area is 194 Å². The van der Waals surface area contributed by atoms with Gasteiger partial charge < -0.3 is 9.84 Å². The Morgan fingerprint density at radius 2 is 1.97 bits per heavy atom. The van der Waals surface area contributed by atoms with Crippen LogP contribution in [-0.4, -0.2) is 39.6 Å². The molecule has 1 saturated heterocycles. The van der Waals surface area contributed by atoms with Crippen LogP contribution in [0.1, 0.15) is 36.6 Å². The zero-order valence-electron chi connectivity index (χ0n) is 17.7. The van der Waals surface area contributed by atoms with Crippen molar-refractivity contribution < 1.29 is 18.5 Å². The van der Waals surface area contributed by atoms with Gasteiger partial charge in [0.15, 0.2) is 0 Å². The van der Waals surface area contributed by atoms with Crippen molar-refractivity contribution in [2.24, 2.45) is 5.92 Å². The first-order valence-corrected chi connectivity index (χ1v) is 11.3. The van der Waals surface area contributed by atoms with Crippen molar-refractivity contribution in [3.05, 3.63) is 70.8 Å². The van der Waals surface area contributed by atoms with Crippen LogP contribution >= 0.6 is 11.6 Å². The monoisotopic (exact) mass is 468 g/mol. The topological polar surface area (TPSA) is 88.3 Å². The summed E-state index contributed by atoms with van der Waals surface area (Å²) < 4.78 is 19.2. The number of nitrogens with zero attached hydrogens (tertiary/aromatic N) is 3. The van der Waals surface area contributed by atoms with Gasteiger partial charge >= 0.3 is 6.03 Å². The Hall–Kier alpha value is -3.26. The number of carbonyl (C=O) groups excluding carboxylic acids is 2. The predicted octanol–water partition coefficient (Wildman–Crippen LogP) is 4.58. The summed E-state index contributed by atoms with van der Waals surface area (Å²) in [6.07, 6.45) is 2.46. The normalized spacial score (nSPS) is 22.7. The van der Waals surface area contributed by atoms with Crippen LogP contribution in [-0.2, 0) is 11.2 Å². The van der Waals surface area contributed by atoms with Crippen molar-refractivity contribution in [2.75, 3.05) is 6.54 Å². The molecule has 33 heavy (non-hydrogen) atoms. The fourth-order valence-corrected chi connectivity index (χ4v) is 4.76. The maximum atomic E-state index is 13.8. The number of fused-ring (bicyclic) bond motifs is 1. The van der Waals surface area contributed by atoms with Gasteiger partial charge in [-0.05, 0) is 49.4 Å². The van der Waals surface area contributed by atoms with Crippen LogP contribution in [0.5, 0.6) is 0 Å². The van der Waals surface area contributed by atoms with E-state index in [-0.39, 0.29) is 40.7 Å². The third-order valence-corrected chi connectivity index (χ3v) is 6.73. The van der Waals surface area contributed by atoms with E-state index in [0.717, 1.165) is 5.56 Å².